The Balaban J connectivity index is 1.47. The van der Waals surface area contributed by atoms with Gasteiger partial charge in [-0.25, -0.2) is 4.90 Å². The van der Waals surface area contributed by atoms with Crippen molar-refractivity contribution in [3.05, 3.63) is 89.5 Å². The molecule has 5 rings (SSSR count). The number of fused-ring (bicyclic) bond motifs is 1. The van der Waals surface area contributed by atoms with Gasteiger partial charge in [0.1, 0.15) is 0 Å². The van der Waals surface area contributed by atoms with E-state index in [2.05, 4.69) is 5.32 Å². The average Bonchev–Trinajstić information content (AvgIpc) is 3.24. The van der Waals surface area contributed by atoms with E-state index in [1.165, 1.54) is 4.90 Å². The minimum Gasteiger partial charge on any atom is -0.493 e. The fraction of sp³-hybridized carbons (Fsp3) is 0.276. The molecule has 190 valence electrons. The minimum absolute atomic E-state index is 0.0127. The smallest absolute Gasteiger partial charge is 0.251 e. The van der Waals surface area contributed by atoms with Gasteiger partial charge in [0, 0.05) is 13.1 Å². The second-order valence-corrected chi connectivity index (χ2v) is 9.19. The fourth-order valence-electron chi connectivity index (χ4n) is 5.13. The summed E-state index contributed by atoms with van der Waals surface area (Å²) in [6, 6.07) is 21.0. The molecule has 8 nitrogen and oxygen atoms in total. The van der Waals surface area contributed by atoms with Gasteiger partial charge in [-0.3, -0.25) is 19.3 Å². The van der Waals surface area contributed by atoms with Gasteiger partial charge >= 0.3 is 0 Å². The molecule has 37 heavy (non-hydrogen) atoms. The van der Waals surface area contributed by atoms with E-state index >= 15 is 0 Å². The number of anilines is 1. The average molecular weight is 500 g/mol. The molecule has 0 spiro atoms. The Morgan fingerprint density at radius 1 is 0.892 bits per heavy atom. The van der Waals surface area contributed by atoms with Gasteiger partial charge in [0.25, 0.3) is 5.91 Å². The second kappa shape index (κ2) is 10.4. The molecule has 3 aromatic carbocycles. The Kier molecular flexibility index (Phi) is 6.92. The number of carbonyl (C=O) groups is 3. The van der Waals surface area contributed by atoms with Crippen LogP contribution in [0.3, 0.4) is 0 Å². The quantitative estimate of drug-likeness (QED) is 0.503. The zero-order valence-corrected chi connectivity index (χ0v) is 20.8. The Morgan fingerprint density at radius 2 is 1.51 bits per heavy atom. The first-order valence-corrected chi connectivity index (χ1v) is 12.2. The molecule has 3 aromatic rings. The van der Waals surface area contributed by atoms with E-state index in [0.717, 1.165) is 16.7 Å². The molecule has 0 bridgehead atoms. The highest BCUT2D eigenvalue weighted by molar-refractivity contribution is 6.22. The molecule has 1 fully saturated rings. The molecule has 0 unspecified atom stereocenters. The molecule has 3 amide bonds. The van der Waals surface area contributed by atoms with Crippen LogP contribution in [0.4, 0.5) is 5.69 Å². The van der Waals surface area contributed by atoms with E-state index in [1.807, 2.05) is 53.4 Å². The van der Waals surface area contributed by atoms with Crippen LogP contribution >= 0.6 is 0 Å². The van der Waals surface area contributed by atoms with E-state index in [0.29, 0.717) is 36.7 Å². The molecule has 2 aliphatic heterocycles. The summed E-state index contributed by atoms with van der Waals surface area (Å²) in [5.74, 6) is 0.375. The number of ether oxygens (including phenoxy) is 2. The van der Waals surface area contributed by atoms with E-state index in [4.69, 9.17) is 9.47 Å². The van der Waals surface area contributed by atoms with Crippen LogP contribution in [0.15, 0.2) is 72.8 Å². The predicted octanol–water partition coefficient (Wildman–Crippen LogP) is 3.08. The highest BCUT2D eigenvalue weighted by atomic mass is 16.5. The molecular weight excluding hydrogens is 470 g/mol. The highest BCUT2D eigenvalue weighted by Crippen LogP contribution is 2.37. The van der Waals surface area contributed by atoms with Gasteiger partial charge in [0.05, 0.1) is 38.4 Å². The van der Waals surface area contributed by atoms with Gasteiger partial charge in [-0.05, 0) is 47.4 Å². The van der Waals surface area contributed by atoms with Crippen LogP contribution in [0.2, 0.25) is 0 Å². The SMILES string of the molecule is COc1cc2c(cc1OC)CN([C@H]1CC(=O)N(c3ccccc3)C1=O)[C@@H](C(=O)NCc1ccccc1)C2. The number of hydrogen-bond acceptors (Lipinski definition) is 6. The number of nitrogens with one attached hydrogen (secondary N) is 1. The van der Waals surface area contributed by atoms with Gasteiger partial charge in [-0.15, -0.1) is 0 Å². The van der Waals surface area contributed by atoms with Crippen molar-refractivity contribution in [1.82, 2.24) is 10.2 Å². The fourth-order valence-corrected chi connectivity index (χ4v) is 5.13. The van der Waals surface area contributed by atoms with E-state index < -0.39 is 12.1 Å². The lowest BCUT2D eigenvalue weighted by molar-refractivity contribution is -0.131. The van der Waals surface area contributed by atoms with Crippen molar-refractivity contribution >= 4 is 23.4 Å². The standard InChI is InChI=1S/C29H29N3O5/c1-36-25-14-20-13-23(28(34)30-17-19-9-5-3-6-10-19)31(18-21(20)15-26(25)37-2)24-16-27(33)32(29(24)35)22-11-7-4-8-12-22/h3-12,14-15,23-24H,13,16-18H2,1-2H3,(H,30,34)/t23-,24+/m1/s1. The Bertz CT molecular complexity index is 1310. The molecule has 0 radical (unpaired) electrons. The van der Waals surface area contributed by atoms with Crippen LogP contribution in [-0.4, -0.2) is 48.9 Å². The minimum atomic E-state index is -0.749. The van der Waals surface area contributed by atoms with Crippen LogP contribution in [0.5, 0.6) is 11.5 Å². The molecule has 2 atom stereocenters. The lowest BCUT2D eigenvalue weighted by Crippen LogP contribution is -2.55. The van der Waals surface area contributed by atoms with Gasteiger partial charge in [0.15, 0.2) is 11.5 Å². The normalized spacial score (nSPS) is 19.5. The van der Waals surface area contributed by atoms with Crippen molar-refractivity contribution in [3.63, 3.8) is 0 Å². The molecule has 8 heteroatoms. The highest BCUT2D eigenvalue weighted by Gasteiger charge is 2.47. The van der Waals surface area contributed by atoms with Crippen LogP contribution in [-0.2, 0) is 33.9 Å². The summed E-state index contributed by atoms with van der Waals surface area (Å²) in [6.07, 6.45) is 0.387. The Labute approximate surface area is 215 Å². The van der Waals surface area contributed by atoms with Crippen molar-refractivity contribution in [1.29, 1.82) is 0 Å². The van der Waals surface area contributed by atoms with E-state index in [9.17, 15) is 14.4 Å². The lowest BCUT2D eigenvalue weighted by Gasteiger charge is -2.39. The predicted molar refractivity (Wildman–Crippen MR) is 138 cm³/mol. The van der Waals surface area contributed by atoms with Crippen molar-refractivity contribution < 1.29 is 23.9 Å². The largest absolute Gasteiger partial charge is 0.493 e. The monoisotopic (exact) mass is 499 g/mol. The molecule has 2 heterocycles. The van der Waals surface area contributed by atoms with Gasteiger partial charge < -0.3 is 14.8 Å². The third kappa shape index (κ3) is 4.80. The van der Waals surface area contributed by atoms with Crippen LogP contribution in [0.1, 0.15) is 23.1 Å². The second-order valence-electron chi connectivity index (χ2n) is 9.19. The summed E-state index contributed by atoms with van der Waals surface area (Å²) in [4.78, 5) is 43.2. The maximum atomic E-state index is 13.6. The third-order valence-electron chi connectivity index (χ3n) is 7.02. The molecule has 1 saturated heterocycles. The first kappa shape index (κ1) is 24.5. The van der Waals surface area contributed by atoms with Gasteiger partial charge in [0.2, 0.25) is 11.8 Å². The van der Waals surface area contributed by atoms with E-state index in [1.54, 1.807) is 38.5 Å². The Morgan fingerprint density at radius 3 is 2.16 bits per heavy atom. The Hall–Kier alpha value is -4.17. The number of methoxy groups -OCH3 is 2. The number of benzene rings is 3. The number of para-hydroxylation sites is 1. The molecule has 0 aliphatic carbocycles. The zero-order chi connectivity index (χ0) is 25.9. The van der Waals surface area contributed by atoms with Crippen LogP contribution < -0.4 is 19.7 Å². The lowest BCUT2D eigenvalue weighted by atomic mass is 9.91. The number of rotatable bonds is 7. The summed E-state index contributed by atoms with van der Waals surface area (Å²) in [7, 11) is 3.14. The topological polar surface area (TPSA) is 88.2 Å². The molecule has 1 N–H and O–H groups in total. The molecular formula is C29H29N3O5. The number of nitrogens with zero attached hydrogens (tertiary/aromatic N) is 2. The summed E-state index contributed by atoms with van der Waals surface area (Å²) >= 11 is 0. The van der Waals surface area contributed by atoms with E-state index in [-0.39, 0.29) is 24.1 Å². The molecule has 0 aromatic heterocycles. The maximum absolute atomic E-state index is 13.6. The van der Waals surface area contributed by atoms with Crippen LogP contribution in [0.25, 0.3) is 0 Å². The first-order valence-electron chi connectivity index (χ1n) is 12.2. The third-order valence-corrected chi connectivity index (χ3v) is 7.02. The molecule has 0 saturated carbocycles. The summed E-state index contributed by atoms with van der Waals surface area (Å²) in [5.41, 5.74) is 3.40. The van der Waals surface area contributed by atoms with Gasteiger partial charge in [-0.2, -0.15) is 0 Å². The molecule has 2 aliphatic rings. The van der Waals surface area contributed by atoms with Crippen molar-refractivity contribution in [2.45, 2.75) is 38.0 Å². The zero-order valence-electron chi connectivity index (χ0n) is 20.8. The number of imide groups is 1. The summed E-state index contributed by atoms with van der Waals surface area (Å²) in [5, 5.41) is 3.03. The first-order chi connectivity index (χ1) is 18.0. The van der Waals surface area contributed by atoms with Crippen molar-refractivity contribution in [2.75, 3.05) is 19.1 Å². The summed E-state index contributed by atoms with van der Waals surface area (Å²) in [6.45, 7) is 0.696. The van der Waals surface area contributed by atoms with Crippen molar-refractivity contribution in [3.8, 4) is 11.5 Å². The maximum Gasteiger partial charge on any atom is 0.251 e. The number of carbonyl (C=O) groups excluding carboxylic acids is 3. The summed E-state index contributed by atoms with van der Waals surface area (Å²) < 4.78 is 11.0. The number of hydrogen-bond donors (Lipinski definition) is 1. The van der Waals surface area contributed by atoms with Crippen LogP contribution in [0, 0.1) is 0 Å². The van der Waals surface area contributed by atoms with Gasteiger partial charge in [-0.1, -0.05) is 48.5 Å². The van der Waals surface area contributed by atoms with Crippen molar-refractivity contribution in [2.24, 2.45) is 0 Å². The number of amides is 3.